The Morgan fingerprint density at radius 3 is 2.63 bits per heavy atom. The first-order chi connectivity index (χ1) is 8.89. The van der Waals surface area contributed by atoms with Gasteiger partial charge in [0.25, 0.3) is 10.0 Å². The molecule has 2 heterocycles. The van der Waals surface area contributed by atoms with E-state index in [0.29, 0.717) is 12.8 Å². The summed E-state index contributed by atoms with van der Waals surface area (Å²) in [7, 11) is -3.91. The summed E-state index contributed by atoms with van der Waals surface area (Å²) in [5, 5.41) is 8.46. The van der Waals surface area contributed by atoms with Crippen molar-refractivity contribution in [2.75, 3.05) is 13.1 Å². The van der Waals surface area contributed by atoms with Crippen LogP contribution in [0, 0.1) is 22.6 Å². The normalized spacial score (nSPS) is 19.8. The molecule has 1 aliphatic rings. The van der Waals surface area contributed by atoms with Gasteiger partial charge < -0.3 is 0 Å². The van der Waals surface area contributed by atoms with Crippen molar-refractivity contribution in [1.82, 2.24) is 9.29 Å². The zero-order valence-electron chi connectivity index (χ0n) is 10.5. The van der Waals surface area contributed by atoms with E-state index in [1.54, 1.807) is 6.92 Å². The number of pyridine rings is 1. The highest BCUT2D eigenvalue weighted by Crippen LogP contribution is 2.32. The van der Waals surface area contributed by atoms with E-state index < -0.39 is 26.3 Å². The van der Waals surface area contributed by atoms with Gasteiger partial charge in [-0.3, -0.25) is 0 Å². The fourth-order valence-electron chi connectivity index (χ4n) is 2.02. The van der Waals surface area contributed by atoms with Gasteiger partial charge in [-0.15, -0.1) is 0 Å². The van der Waals surface area contributed by atoms with Crippen LogP contribution in [0.3, 0.4) is 0 Å². The van der Waals surface area contributed by atoms with Crippen LogP contribution in [0.2, 0.25) is 0 Å². The molecule has 19 heavy (non-hydrogen) atoms. The van der Waals surface area contributed by atoms with Crippen LogP contribution in [-0.2, 0) is 10.0 Å². The Morgan fingerprint density at radius 2 is 2.11 bits per heavy atom. The minimum atomic E-state index is -3.91. The number of nitriles is 1. The van der Waals surface area contributed by atoms with E-state index in [2.05, 4.69) is 11.1 Å². The van der Waals surface area contributed by atoms with Gasteiger partial charge in [-0.25, -0.2) is 17.8 Å². The highest BCUT2D eigenvalue weighted by molar-refractivity contribution is 7.89. The van der Waals surface area contributed by atoms with Crippen LogP contribution < -0.4 is 0 Å². The molecule has 5 nitrogen and oxygen atoms in total. The number of nitrogens with zero attached hydrogens (tertiary/aromatic N) is 3. The second kappa shape index (κ2) is 4.87. The van der Waals surface area contributed by atoms with Crippen molar-refractivity contribution in [3.05, 3.63) is 24.1 Å². The summed E-state index contributed by atoms with van der Waals surface area (Å²) >= 11 is 0. The number of piperidine rings is 1. The van der Waals surface area contributed by atoms with Gasteiger partial charge in [0, 0.05) is 19.3 Å². The zero-order chi connectivity index (χ0) is 14.1. The number of rotatable bonds is 2. The topological polar surface area (TPSA) is 74.1 Å². The maximum absolute atomic E-state index is 13.5. The van der Waals surface area contributed by atoms with E-state index in [0.717, 1.165) is 6.07 Å². The standard InChI is InChI=1S/C12H14FN3O2S/c1-12(9-14)4-7-16(8-5-12)19(17,18)11-10(13)3-2-6-15-11/h2-3,6H,4-5,7-8H2,1H3. The molecule has 0 saturated carbocycles. The fourth-order valence-corrected chi connectivity index (χ4v) is 3.43. The Kier molecular flexibility index (Phi) is 3.56. The minimum absolute atomic E-state index is 0.211. The molecular weight excluding hydrogens is 269 g/mol. The van der Waals surface area contributed by atoms with Crippen molar-refractivity contribution >= 4 is 10.0 Å². The molecule has 1 fully saturated rings. The minimum Gasteiger partial charge on any atom is -0.241 e. The van der Waals surface area contributed by atoms with E-state index in [9.17, 15) is 12.8 Å². The highest BCUT2D eigenvalue weighted by Gasteiger charge is 2.37. The monoisotopic (exact) mass is 283 g/mol. The quantitative estimate of drug-likeness (QED) is 0.825. The summed E-state index contributed by atoms with van der Waals surface area (Å²) in [6, 6.07) is 4.61. The molecule has 0 atom stereocenters. The molecule has 0 unspecified atom stereocenters. The lowest BCUT2D eigenvalue weighted by molar-refractivity contribution is 0.231. The van der Waals surface area contributed by atoms with Crippen molar-refractivity contribution in [2.45, 2.75) is 24.8 Å². The molecule has 1 aromatic heterocycles. The van der Waals surface area contributed by atoms with Gasteiger partial charge in [0.05, 0.1) is 11.5 Å². The summed E-state index contributed by atoms with van der Waals surface area (Å²) in [6.45, 7) is 2.23. The Hall–Kier alpha value is -1.52. The molecule has 2 rings (SSSR count). The first-order valence-corrected chi connectivity index (χ1v) is 7.35. The predicted octanol–water partition coefficient (Wildman–Crippen LogP) is 1.54. The maximum atomic E-state index is 13.5. The molecule has 0 spiro atoms. The van der Waals surface area contributed by atoms with E-state index in [4.69, 9.17) is 5.26 Å². The molecule has 0 radical (unpaired) electrons. The van der Waals surface area contributed by atoms with Gasteiger partial charge in [-0.2, -0.15) is 9.57 Å². The predicted molar refractivity (Wildman–Crippen MR) is 65.9 cm³/mol. The Balaban J connectivity index is 2.25. The van der Waals surface area contributed by atoms with Gasteiger partial charge in [0.15, 0.2) is 5.82 Å². The Morgan fingerprint density at radius 1 is 1.47 bits per heavy atom. The smallest absolute Gasteiger partial charge is 0.241 e. The summed E-state index contributed by atoms with van der Waals surface area (Å²) in [6.07, 6.45) is 2.13. The summed E-state index contributed by atoms with van der Waals surface area (Å²) in [5.74, 6) is -0.851. The van der Waals surface area contributed by atoms with Crippen molar-refractivity contribution in [1.29, 1.82) is 5.26 Å². The molecule has 102 valence electrons. The molecule has 0 bridgehead atoms. The fraction of sp³-hybridized carbons (Fsp3) is 0.500. The third-order valence-electron chi connectivity index (χ3n) is 3.40. The van der Waals surface area contributed by atoms with Crippen LogP contribution in [0.15, 0.2) is 23.4 Å². The molecule has 0 aromatic carbocycles. The van der Waals surface area contributed by atoms with Crippen molar-refractivity contribution in [3.63, 3.8) is 0 Å². The zero-order valence-corrected chi connectivity index (χ0v) is 11.3. The number of sulfonamides is 1. The second-order valence-electron chi connectivity index (χ2n) is 4.87. The second-order valence-corrected chi connectivity index (χ2v) is 6.72. The van der Waals surface area contributed by atoms with Crippen molar-refractivity contribution < 1.29 is 12.8 Å². The van der Waals surface area contributed by atoms with E-state index in [-0.39, 0.29) is 13.1 Å². The molecule has 0 amide bonds. The van der Waals surface area contributed by atoms with Crippen LogP contribution in [0.25, 0.3) is 0 Å². The molecule has 7 heteroatoms. The maximum Gasteiger partial charge on any atom is 0.263 e. The molecule has 0 aliphatic carbocycles. The molecule has 0 N–H and O–H groups in total. The van der Waals surface area contributed by atoms with Gasteiger partial charge in [0.1, 0.15) is 0 Å². The first-order valence-electron chi connectivity index (χ1n) is 5.91. The van der Waals surface area contributed by atoms with Gasteiger partial charge in [-0.05, 0) is 31.9 Å². The largest absolute Gasteiger partial charge is 0.263 e. The number of halogens is 1. The summed E-state index contributed by atoms with van der Waals surface area (Å²) < 4.78 is 39.2. The summed E-state index contributed by atoms with van der Waals surface area (Å²) in [5.41, 5.74) is -0.505. The average Bonchev–Trinajstić information content (AvgIpc) is 2.39. The van der Waals surface area contributed by atoms with Crippen molar-refractivity contribution in [3.8, 4) is 6.07 Å². The lowest BCUT2D eigenvalue weighted by Crippen LogP contribution is -2.42. The van der Waals surface area contributed by atoms with Crippen LogP contribution in [0.1, 0.15) is 19.8 Å². The van der Waals surface area contributed by atoms with E-state index in [1.165, 1.54) is 16.6 Å². The van der Waals surface area contributed by atoms with E-state index >= 15 is 0 Å². The summed E-state index contributed by atoms with van der Waals surface area (Å²) in [4.78, 5) is 3.61. The average molecular weight is 283 g/mol. The van der Waals surface area contributed by atoms with E-state index in [1.807, 2.05) is 0 Å². The third-order valence-corrected chi connectivity index (χ3v) is 5.24. The number of hydrogen-bond acceptors (Lipinski definition) is 4. The van der Waals surface area contributed by atoms with Crippen LogP contribution in [0.4, 0.5) is 4.39 Å². The molecule has 1 saturated heterocycles. The van der Waals surface area contributed by atoms with Gasteiger partial charge in [-0.1, -0.05) is 0 Å². The highest BCUT2D eigenvalue weighted by atomic mass is 32.2. The van der Waals surface area contributed by atoms with Crippen LogP contribution in [0.5, 0.6) is 0 Å². The lowest BCUT2D eigenvalue weighted by atomic mass is 9.83. The van der Waals surface area contributed by atoms with Crippen LogP contribution in [-0.4, -0.2) is 30.8 Å². The third kappa shape index (κ3) is 2.60. The Bertz CT molecular complexity index is 616. The Labute approximate surface area is 111 Å². The SMILES string of the molecule is CC1(C#N)CCN(S(=O)(=O)c2ncccc2F)CC1. The molecule has 1 aromatic rings. The number of aromatic nitrogens is 1. The number of hydrogen-bond donors (Lipinski definition) is 0. The first kappa shape index (κ1) is 13.9. The van der Waals surface area contributed by atoms with Crippen LogP contribution >= 0.6 is 0 Å². The van der Waals surface area contributed by atoms with Gasteiger partial charge >= 0.3 is 0 Å². The van der Waals surface area contributed by atoms with Gasteiger partial charge in [0.2, 0.25) is 5.03 Å². The van der Waals surface area contributed by atoms with Crippen molar-refractivity contribution in [2.24, 2.45) is 5.41 Å². The lowest BCUT2D eigenvalue weighted by Gasteiger charge is -2.33. The molecular formula is C12H14FN3O2S. The molecule has 1 aliphatic heterocycles.